The van der Waals surface area contributed by atoms with Crippen LogP contribution >= 0.6 is 0 Å². The molecule has 3 rings (SSSR count). The van der Waals surface area contributed by atoms with Gasteiger partial charge in [-0.1, -0.05) is 30.3 Å². The van der Waals surface area contributed by atoms with E-state index in [0.29, 0.717) is 0 Å². The molecular formula is C19H23NO6. The zero-order valence-corrected chi connectivity index (χ0v) is 15.1. The van der Waals surface area contributed by atoms with Crippen LogP contribution in [0.1, 0.15) is 26.3 Å². The fourth-order valence-electron chi connectivity index (χ4n) is 3.21. The molecule has 1 aromatic rings. The van der Waals surface area contributed by atoms with E-state index in [1.807, 2.05) is 30.3 Å². The number of hydrogen-bond acceptors (Lipinski definition) is 6. The van der Waals surface area contributed by atoms with Crippen molar-refractivity contribution in [1.82, 2.24) is 4.90 Å². The van der Waals surface area contributed by atoms with Crippen LogP contribution in [0.5, 0.6) is 0 Å². The lowest BCUT2D eigenvalue weighted by Crippen LogP contribution is -2.50. The Bertz CT molecular complexity index is 696. The number of fused-ring (bicyclic) bond motifs is 1. The Morgan fingerprint density at radius 2 is 1.88 bits per heavy atom. The van der Waals surface area contributed by atoms with Gasteiger partial charge in [0.05, 0.1) is 25.2 Å². The van der Waals surface area contributed by atoms with Gasteiger partial charge in [-0.05, 0) is 26.3 Å². The van der Waals surface area contributed by atoms with Crippen molar-refractivity contribution in [2.75, 3.05) is 13.2 Å². The Morgan fingerprint density at radius 1 is 1.19 bits per heavy atom. The third-order valence-corrected chi connectivity index (χ3v) is 4.37. The molecule has 0 aromatic heterocycles. The second-order valence-electron chi connectivity index (χ2n) is 7.50. The van der Waals surface area contributed by atoms with Gasteiger partial charge in [-0.3, -0.25) is 9.69 Å². The van der Waals surface area contributed by atoms with Crippen molar-refractivity contribution in [3.05, 3.63) is 35.9 Å². The largest absolute Gasteiger partial charge is 0.459 e. The highest BCUT2D eigenvalue weighted by Crippen LogP contribution is 2.33. The molecule has 0 N–H and O–H groups in total. The maximum atomic E-state index is 12.7. The fraction of sp³-hybridized carbons (Fsp3) is 0.526. The molecule has 3 atom stereocenters. The van der Waals surface area contributed by atoms with Gasteiger partial charge in [-0.15, -0.1) is 0 Å². The quantitative estimate of drug-likeness (QED) is 0.604. The Morgan fingerprint density at radius 3 is 2.54 bits per heavy atom. The number of rotatable bonds is 3. The summed E-state index contributed by atoms with van der Waals surface area (Å²) in [6.07, 6.45) is -0.703. The monoisotopic (exact) mass is 361 g/mol. The van der Waals surface area contributed by atoms with E-state index in [-0.39, 0.29) is 25.6 Å². The minimum absolute atomic E-state index is 0.0391. The van der Waals surface area contributed by atoms with Gasteiger partial charge in [-0.25, -0.2) is 9.59 Å². The van der Waals surface area contributed by atoms with Gasteiger partial charge in [0.1, 0.15) is 12.2 Å². The molecule has 2 fully saturated rings. The van der Waals surface area contributed by atoms with Crippen LogP contribution in [0, 0.1) is 5.92 Å². The van der Waals surface area contributed by atoms with Crippen molar-refractivity contribution in [2.45, 2.75) is 45.1 Å². The van der Waals surface area contributed by atoms with Crippen molar-refractivity contribution >= 4 is 17.8 Å². The Balaban J connectivity index is 1.76. The first-order chi connectivity index (χ1) is 12.3. The first-order valence-electron chi connectivity index (χ1n) is 8.61. The minimum Gasteiger partial charge on any atom is -0.459 e. The van der Waals surface area contributed by atoms with Gasteiger partial charge >= 0.3 is 12.1 Å². The molecule has 7 nitrogen and oxygen atoms in total. The highest BCUT2D eigenvalue weighted by molar-refractivity contribution is 6.09. The van der Waals surface area contributed by atoms with E-state index in [9.17, 15) is 14.4 Å². The maximum Gasteiger partial charge on any atom is 0.411 e. The predicted molar refractivity (Wildman–Crippen MR) is 91.2 cm³/mol. The van der Waals surface area contributed by atoms with E-state index < -0.39 is 35.7 Å². The Hall–Kier alpha value is -2.41. The van der Waals surface area contributed by atoms with Crippen molar-refractivity contribution in [3.8, 4) is 0 Å². The number of likely N-dealkylation sites (tertiary alicyclic amines) is 1. The lowest BCUT2D eigenvalue weighted by molar-refractivity contribution is -0.153. The number of nitrogens with zero attached hydrogens (tertiary/aromatic N) is 1. The minimum atomic E-state index is -1.28. The third kappa shape index (κ3) is 3.72. The van der Waals surface area contributed by atoms with Gasteiger partial charge in [0, 0.05) is 0 Å². The van der Waals surface area contributed by atoms with E-state index >= 15 is 0 Å². The van der Waals surface area contributed by atoms with Gasteiger partial charge < -0.3 is 14.2 Å². The molecule has 0 saturated carbocycles. The van der Waals surface area contributed by atoms with Gasteiger partial charge in [0.15, 0.2) is 11.8 Å². The molecular weight excluding hydrogens is 338 g/mol. The molecule has 0 spiro atoms. The standard InChI is InChI=1S/C19H23NO6/c1-19(2,3)26-18(23)20-14-11-24-10-13(14)16(21)15(20)17(22)25-9-12-7-5-4-6-8-12/h4-8,13-15H,9-11H2,1-3H3/t13-,14+,15?/m0/s1. The Kier molecular flexibility index (Phi) is 5.00. The smallest absolute Gasteiger partial charge is 0.411 e. The molecule has 0 radical (unpaired) electrons. The highest BCUT2D eigenvalue weighted by Gasteiger charge is 2.57. The molecule has 1 unspecified atom stereocenters. The average molecular weight is 361 g/mol. The van der Waals surface area contributed by atoms with Gasteiger partial charge in [-0.2, -0.15) is 0 Å². The molecule has 2 aliphatic rings. The number of benzene rings is 1. The summed E-state index contributed by atoms with van der Waals surface area (Å²) in [6, 6.07) is 7.38. The fourth-order valence-corrected chi connectivity index (χ4v) is 3.21. The van der Waals surface area contributed by atoms with Crippen molar-refractivity contribution < 1.29 is 28.6 Å². The molecule has 1 aromatic carbocycles. The molecule has 2 heterocycles. The second-order valence-corrected chi connectivity index (χ2v) is 7.50. The van der Waals surface area contributed by atoms with E-state index in [1.165, 1.54) is 4.90 Å². The number of carbonyl (C=O) groups is 3. The summed E-state index contributed by atoms with van der Waals surface area (Å²) in [5, 5.41) is 0. The molecule has 0 aliphatic carbocycles. The summed E-state index contributed by atoms with van der Waals surface area (Å²) in [7, 11) is 0. The summed E-state index contributed by atoms with van der Waals surface area (Å²) in [5.41, 5.74) is 0.0644. The number of Topliss-reactive ketones (excluding diaryl/α,β-unsaturated/α-hetero) is 1. The molecule has 140 valence electrons. The lowest BCUT2D eigenvalue weighted by Gasteiger charge is -2.30. The number of carbonyl (C=O) groups excluding carboxylic acids is 3. The number of ketones is 1. The number of amides is 1. The summed E-state index contributed by atoms with van der Waals surface area (Å²) >= 11 is 0. The second kappa shape index (κ2) is 7.07. The molecule has 0 bridgehead atoms. The first-order valence-corrected chi connectivity index (χ1v) is 8.61. The van der Waals surface area contributed by atoms with Crippen LogP contribution in [0.25, 0.3) is 0 Å². The number of hydrogen-bond donors (Lipinski definition) is 0. The van der Waals surface area contributed by atoms with E-state index in [2.05, 4.69) is 0 Å². The van der Waals surface area contributed by atoms with Crippen LogP contribution in [0.15, 0.2) is 30.3 Å². The van der Waals surface area contributed by atoms with E-state index in [1.54, 1.807) is 20.8 Å². The molecule has 2 aliphatic heterocycles. The topological polar surface area (TPSA) is 82.1 Å². The molecule has 7 heteroatoms. The van der Waals surface area contributed by atoms with E-state index in [0.717, 1.165) is 5.56 Å². The van der Waals surface area contributed by atoms with Crippen LogP contribution in [-0.2, 0) is 30.4 Å². The van der Waals surface area contributed by atoms with Crippen LogP contribution in [0.3, 0.4) is 0 Å². The normalized spacial score (nSPS) is 25.1. The van der Waals surface area contributed by atoms with E-state index in [4.69, 9.17) is 14.2 Å². The van der Waals surface area contributed by atoms with Crippen molar-refractivity contribution in [2.24, 2.45) is 5.92 Å². The van der Waals surface area contributed by atoms with Crippen LogP contribution < -0.4 is 0 Å². The van der Waals surface area contributed by atoms with Crippen LogP contribution in [0.2, 0.25) is 0 Å². The van der Waals surface area contributed by atoms with Crippen molar-refractivity contribution in [3.63, 3.8) is 0 Å². The van der Waals surface area contributed by atoms with Crippen molar-refractivity contribution in [1.29, 1.82) is 0 Å². The zero-order valence-electron chi connectivity index (χ0n) is 15.1. The number of ether oxygens (including phenoxy) is 3. The molecule has 1 amide bonds. The molecule has 26 heavy (non-hydrogen) atoms. The maximum absolute atomic E-state index is 12.7. The first kappa shape index (κ1) is 18.4. The Labute approximate surface area is 152 Å². The van der Waals surface area contributed by atoms with Crippen LogP contribution in [-0.4, -0.2) is 53.6 Å². The van der Waals surface area contributed by atoms with Gasteiger partial charge in [0.2, 0.25) is 0 Å². The predicted octanol–water partition coefficient (Wildman–Crippen LogP) is 1.93. The molecule has 2 saturated heterocycles. The van der Waals surface area contributed by atoms with Crippen LogP contribution in [0.4, 0.5) is 4.79 Å². The highest BCUT2D eigenvalue weighted by atomic mass is 16.6. The summed E-state index contributed by atoms with van der Waals surface area (Å²) in [4.78, 5) is 39.1. The summed E-state index contributed by atoms with van der Waals surface area (Å²) in [6.45, 7) is 5.64. The average Bonchev–Trinajstić information content (AvgIpc) is 3.14. The summed E-state index contributed by atoms with van der Waals surface area (Å²) < 4.78 is 16.0. The number of esters is 1. The lowest BCUT2D eigenvalue weighted by atomic mass is 10.0. The zero-order chi connectivity index (χ0) is 18.9. The summed E-state index contributed by atoms with van der Waals surface area (Å²) in [5.74, 6) is -1.60. The van der Waals surface area contributed by atoms with Gasteiger partial charge in [0.25, 0.3) is 0 Å². The third-order valence-electron chi connectivity index (χ3n) is 4.37. The SMILES string of the molecule is CC(C)(C)OC(=O)N1C(C(=O)OCc2ccccc2)C(=O)[C@H]2COC[C@H]21.